The van der Waals surface area contributed by atoms with Crippen LogP contribution in [0.15, 0.2) is 73.1 Å². The third kappa shape index (κ3) is 8.54. The maximum Gasteiger partial charge on any atom is 0.419 e. The number of rotatable bonds is 17. The number of carbonyl (C=O) groups excluding carboxylic acids is 4. The van der Waals surface area contributed by atoms with E-state index in [-0.39, 0.29) is 24.6 Å². The number of benzene rings is 2. The molecule has 12 heteroatoms. The quantitative estimate of drug-likeness (QED) is 0.0505. The maximum absolute atomic E-state index is 12.9. The summed E-state index contributed by atoms with van der Waals surface area (Å²) in [6, 6.07) is 18.3. The lowest BCUT2D eigenvalue weighted by atomic mass is 10.1. The summed E-state index contributed by atoms with van der Waals surface area (Å²) in [5.74, 6) is -1.02. The minimum Gasteiger partial charge on any atom is -0.461 e. The van der Waals surface area contributed by atoms with Crippen molar-refractivity contribution < 1.29 is 38.1 Å². The van der Waals surface area contributed by atoms with Gasteiger partial charge in [0.1, 0.15) is 11.4 Å². The molecule has 0 bridgehead atoms. The monoisotopic (exact) mass is 734 g/mol. The molecule has 282 valence electrons. The van der Waals surface area contributed by atoms with E-state index in [1.165, 1.54) is 21.5 Å². The van der Waals surface area contributed by atoms with Gasteiger partial charge in [-0.05, 0) is 49.9 Å². The van der Waals surface area contributed by atoms with Crippen molar-refractivity contribution in [3.8, 4) is 0 Å². The van der Waals surface area contributed by atoms with E-state index in [0.29, 0.717) is 48.1 Å². The van der Waals surface area contributed by atoms with Gasteiger partial charge >= 0.3 is 24.1 Å². The predicted molar refractivity (Wildman–Crippen MR) is 206 cm³/mol. The Morgan fingerprint density at radius 1 is 0.481 bits per heavy atom. The molecule has 0 saturated heterocycles. The van der Waals surface area contributed by atoms with Gasteiger partial charge in [0, 0.05) is 21.5 Å². The van der Waals surface area contributed by atoms with E-state index in [1.807, 2.05) is 62.4 Å². The summed E-state index contributed by atoms with van der Waals surface area (Å²) >= 11 is 0. The highest BCUT2D eigenvalue weighted by molar-refractivity contribution is 6.14. The molecule has 54 heavy (non-hydrogen) atoms. The molecule has 0 atom stereocenters. The molecule has 6 rings (SSSR count). The van der Waals surface area contributed by atoms with Crippen molar-refractivity contribution in [2.75, 3.05) is 26.4 Å². The summed E-state index contributed by atoms with van der Waals surface area (Å²) in [6.45, 7) is 5.29. The van der Waals surface area contributed by atoms with E-state index in [0.717, 1.165) is 72.9 Å². The zero-order valence-corrected chi connectivity index (χ0v) is 30.9. The van der Waals surface area contributed by atoms with E-state index in [9.17, 15) is 19.2 Å². The molecular weight excluding hydrogens is 688 g/mol. The zero-order valence-electron chi connectivity index (χ0n) is 30.9. The van der Waals surface area contributed by atoms with E-state index < -0.39 is 24.1 Å². The van der Waals surface area contributed by atoms with Crippen molar-refractivity contribution in [2.24, 2.45) is 0 Å². The standard InChI is InChI=1S/C42H46N4O8/c1-3-5-21-53-41(49)45-35-19-13-11-17-29(35)31-25-33(43-27-37(31)45)39(47)51-23-15-9-7-8-10-16-24-52-40(48)34-26-32-30-18-12-14-20-36(30)46(38(32)28-44-34)42(50)54-22-6-4-2/h11-14,17-20,25-28H,3-10,15-16,21-24H2,1-2H3. The van der Waals surface area contributed by atoms with Gasteiger partial charge in [0.2, 0.25) is 0 Å². The second-order valence-electron chi connectivity index (χ2n) is 13.2. The molecule has 0 unspecified atom stereocenters. The molecule has 12 nitrogen and oxygen atoms in total. The Morgan fingerprint density at radius 3 is 1.30 bits per heavy atom. The Kier molecular flexibility index (Phi) is 12.9. The fourth-order valence-electron chi connectivity index (χ4n) is 6.48. The van der Waals surface area contributed by atoms with Crippen LogP contribution in [0.1, 0.15) is 99.0 Å². The number of para-hydroxylation sites is 2. The lowest BCUT2D eigenvalue weighted by Crippen LogP contribution is -2.14. The third-order valence-corrected chi connectivity index (χ3v) is 9.35. The minimum absolute atomic E-state index is 0.184. The molecule has 0 saturated carbocycles. The van der Waals surface area contributed by atoms with Crippen LogP contribution in [0.3, 0.4) is 0 Å². The van der Waals surface area contributed by atoms with Gasteiger partial charge in [-0.15, -0.1) is 0 Å². The lowest BCUT2D eigenvalue weighted by Gasteiger charge is -2.08. The normalized spacial score (nSPS) is 11.4. The van der Waals surface area contributed by atoms with Crippen molar-refractivity contribution in [1.29, 1.82) is 0 Å². The molecule has 2 aromatic carbocycles. The molecule has 0 aliphatic rings. The molecule has 0 aliphatic carbocycles. The van der Waals surface area contributed by atoms with Crippen molar-refractivity contribution in [3.63, 3.8) is 0 Å². The van der Waals surface area contributed by atoms with Crippen molar-refractivity contribution in [2.45, 2.75) is 78.1 Å². The van der Waals surface area contributed by atoms with Crippen LogP contribution in [0.5, 0.6) is 0 Å². The number of hydrogen-bond acceptors (Lipinski definition) is 10. The SMILES string of the molecule is CCCCOC(=O)n1c2ccccc2c2cc(C(=O)OCCCCCCCCOC(=O)c3cc4c5ccccc5n(C(=O)OCCCC)c4cn3)ncc21. The molecule has 0 fully saturated rings. The first-order valence-electron chi connectivity index (χ1n) is 18.9. The first-order chi connectivity index (χ1) is 26.4. The average Bonchev–Trinajstić information content (AvgIpc) is 3.71. The average molecular weight is 735 g/mol. The van der Waals surface area contributed by atoms with Crippen LogP contribution < -0.4 is 0 Å². The molecule has 4 heterocycles. The smallest absolute Gasteiger partial charge is 0.419 e. The van der Waals surface area contributed by atoms with Gasteiger partial charge in [0.05, 0.1) is 60.9 Å². The highest BCUT2D eigenvalue weighted by atomic mass is 16.6. The highest BCUT2D eigenvalue weighted by Crippen LogP contribution is 2.31. The van der Waals surface area contributed by atoms with Crippen LogP contribution in [0.2, 0.25) is 0 Å². The largest absolute Gasteiger partial charge is 0.461 e. The summed E-state index contributed by atoms with van der Waals surface area (Å²) in [4.78, 5) is 60.1. The summed E-state index contributed by atoms with van der Waals surface area (Å²) in [6.07, 6.45) is 10.6. The van der Waals surface area contributed by atoms with Crippen molar-refractivity contribution in [3.05, 3.63) is 84.4 Å². The molecule has 0 spiro atoms. The number of hydrogen-bond donors (Lipinski definition) is 0. The van der Waals surface area contributed by atoms with E-state index in [2.05, 4.69) is 9.97 Å². The van der Waals surface area contributed by atoms with Gasteiger partial charge < -0.3 is 18.9 Å². The predicted octanol–water partition coefficient (Wildman–Crippen LogP) is 9.62. The number of esters is 2. The van der Waals surface area contributed by atoms with Gasteiger partial charge in [-0.3, -0.25) is 0 Å². The van der Waals surface area contributed by atoms with E-state index in [4.69, 9.17) is 18.9 Å². The first-order valence-corrected chi connectivity index (χ1v) is 18.9. The van der Waals surface area contributed by atoms with Crippen LogP contribution in [-0.4, -0.2) is 69.7 Å². The Bertz CT molecular complexity index is 2110. The molecule has 0 amide bonds. The summed E-state index contributed by atoms with van der Waals surface area (Å²) < 4.78 is 25.0. The topological polar surface area (TPSA) is 141 Å². The third-order valence-electron chi connectivity index (χ3n) is 9.35. The molecule has 4 aromatic heterocycles. The van der Waals surface area contributed by atoms with Crippen molar-refractivity contribution >= 4 is 67.7 Å². The second-order valence-corrected chi connectivity index (χ2v) is 13.2. The fourth-order valence-corrected chi connectivity index (χ4v) is 6.48. The number of unbranched alkanes of at least 4 members (excludes halogenated alkanes) is 7. The number of fused-ring (bicyclic) bond motifs is 6. The zero-order chi connectivity index (χ0) is 37.9. The van der Waals surface area contributed by atoms with E-state index >= 15 is 0 Å². The maximum atomic E-state index is 12.9. The Morgan fingerprint density at radius 2 is 0.870 bits per heavy atom. The molecule has 0 N–H and O–H groups in total. The number of nitrogens with zero attached hydrogens (tertiary/aromatic N) is 4. The van der Waals surface area contributed by atoms with Gasteiger partial charge in [-0.1, -0.05) is 88.8 Å². The van der Waals surface area contributed by atoms with Crippen LogP contribution in [0, 0.1) is 0 Å². The second kappa shape index (κ2) is 18.3. The fraction of sp³-hybridized carbons (Fsp3) is 0.381. The Hall–Kier alpha value is -5.78. The number of carbonyl (C=O) groups is 4. The number of pyridine rings is 2. The van der Waals surface area contributed by atoms with Crippen LogP contribution in [0.4, 0.5) is 9.59 Å². The van der Waals surface area contributed by atoms with Gasteiger partial charge in [0.25, 0.3) is 0 Å². The molecule has 0 aliphatic heterocycles. The Labute approximate surface area is 313 Å². The van der Waals surface area contributed by atoms with Gasteiger partial charge in [-0.2, -0.15) is 0 Å². The summed E-state index contributed by atoms with van der Waals surface area (Å²) in [5.41, 5.74) is 2.90. The first kappa shape index (κ1) is 38.0. The van der Waals surface area contributed by atoms with Crippen LogP contribution in [-0.2, 0) is 18.9 Å². The molecule has 0 radical (unpaired) electrons. The Balaban J connectivity index is 0.918. The summed E-state index contributed by atoms with van der Waals surface area (Å²) in [5, 5.41) is 3.11. The van der Waals surface area contributed by atoms with Crippen molar-refractivity contribution in [1.82, 2.24) is 19.1 Å². The van der Waals surface area contributed by atoms with Gasteiger partial charge in [-0.25, -0.2) is 38.3 Å². The highest BCUT2D eigenvalue weighted by Gasteiger charge is 2.21. The van der Waals surface area contributed by atoms with Crippen LogP contribution >= 0.6 is 0 Å². The minimum atomic E-state index is -0.509. The van der Waals surface area contributed by atoms with Gasteiger partial charge in [0.15, 0.2) is 0 Å². The number of ether oxygens (including phenoxy) is 4. The lowest BCUT2D eigenvalue weighted by molar-refractivity contribution is 0.0478. The van der Waals surface area contributed by atoms with E-state index in [1.54, 1.807) is 12.1 Å². The summed E-state index contributed by atoms with van der Waals surface area (Å²) in [7, 11) is 0. The number of aromatic nitrogens is 4. The molecular formula is C42H46N4O8. The molecule has 6 aromatic rings. The van der Waals surface area contributed by atoms with Crippen LogP contribution in [0.25, 0.3) is 43.6 Å².